The Labute approximate surface area is 112 Å². The van der Waals surface area contributed by atoms with Crippen molar-refractivity contribution in [1.29, 1.82) is 5.41 Å². The first-order valence-electron chi connectivity index (χ1n) is 6.75. The molecule has 0 radical (unpaired) electrons. The van der Waals surface area contributed by atoms with Crippen LogP contribution in [0.1, 0.15) is 44.5 Å². The maximum Gasteiger partial charge on any atom is 0.323 e. The Morgan fingerprint density at radius 1 is 1.53 bits per heavy atom. The van der Waals surface area contributed by atoms with Crippen LogP contribution < -0.4 is 5.32 Å². The fourth-order valence-corrected chi connectivity index (χ4v) is 2.56. The Kier molecular flexibility index (Phi) is 2.80. The molecular weight excluding hydrogens is 242 g/mol. The van der Waals surface area contributed by atoms with Crippen molar-refractivity contribution >= 4 is 11.9 Å². The Bertz CT molecular complexity index is 517. The van der Waals surface area contributed by atoms with E-state index < -0.39 is 0 Å². The fourth-order valence-electron chi connectivity index (χ4n) is 2.56. The third kappa shape index (κ3) is 2.11. The number of imidazole rings is 1. The molecule has 1 aromatic heterocycles. The normalized spacial score (nSPS) is 23.3. The van der Waals surface area contributed by atoms with E-state index in [-0.39, 0.29) is 24.0 Å². The summed E-state index contributed by atoms with van der Waals surface area (Å²) in [6, 6.07) is -0.194. The molecule has 1 aliphatic heterocycles. The molecule has 6 nitrogen and oxygen atoms in total. The van der Waals surface area contributed by atoms with Gasteiger partial charge >= 0.3 is 6.03 Å². The SMILES string of the molecule is CC(C)n1cncc1C1C(=N)NC(=O)N1CC1CC1. The van der Waals surface area contributed by atoms with Gasteiger partial charge in [-0.05, 0) is 32.6 Å². The Morgan fingerprint density at radius 2 is 2.26 bits per heavy atom. The van der Waals surface area contributed by atoms with Gasteiger partial charge in [-0.2, -0.15) is 0 Å². The lowest BCUT2D eigenvalue weighted by Gasteiger charge is -2.24. The highest BCUT2D eigenvalue weighted by Crippen LogP contribution is 2.35. The predicted molar refractivity (Wildman–Crippen MR) is 71.0 cm³/mol. The van der Waals surface area contributed by atoms with Gasteiger partial charge in [0, 0.05) is 12.6 Å². The highest BCUT2D eigenvalue weighted by molar-refractivity contribution is 6.05. The standard InChI is InChI=1S/C13H19N5O/c1-8(2)18-7-15-5-10(18)11-12(14)16-13(19)17(11)6-9-3-4-9/h5,7-9,11H,3-4,6H2,1-2H3,(H2,14,16,19). The quantitative estimate of drug-likeness (QED) is 0.869. The Balaban J connectivity index is 1.92. The van der Waals surface area contributed by atoms with Crippen LogP contribution in [0, 0.1) is 11.3 Å². The first-order chi connectivity index (χ1) is 9.08. The Hall–Kier alpha value is -1.85. The molecular formula is C13H19N5O. The molecule has 1 unspecified atom stereocenters. The molecule has 0 bridgehead atoms. The lowest BCUT2D eigenvalue weighted by Crippen LogP contribution is -2.32. The molecule has 2 amide bonds. The largest absolute Gasteiger partial charge is 0.330 e. The monoisotopic (exact) mass is 261 g/mol. The van der Waals surface area contributed by atoms with Crippen molar-refractivity contribution in [2.45, 2.75) is 38.8 Å². The van der Waals surface area contributed by atoms with Gasteiger partial charge in [0.15, 0.2) is 0 Å². The van der Waals surface area contributed by atoms with Gasteiger partial charge in [0.1, 0.15) is 11.9 Å². The third-order valence-corrected chi connectivity index (χ3v) is 3.77. The molecule has 1 aliphatic carbocycles. The summed E-state index contributed by atoms with van der Waals surface area (Å²) in [6.07, 6.45) is 5.91. The minimum absolute atomic E-state index is 0.154. The third-order valence-electron chi connectivity index (χ3n) is 3.77. The maximum atomic E-state index is 12.0. The van der Waals surface area contributed by atoms with Crippen molar-refractivity contribution in [1.82, 2.24) is 19.8 Å². The van der Waals surface area contributed by atoms with Crippen LogP contribution in [0.25, 0.3) is 0 Å². The average molecular weight is 261 g/mol. The number of aromatic nitrogens is 2. The van der Waals surface area contributed by atoms with Crippen LogP contribution in [0.3, 0.4) is 0 Å². The zero-order valence-corrected chi connectivity index (χ0v) is 11.3. The molecule has 102 valence electrons. The lowest BCUT2D eigenvalue weighted by molar-refractivity contribution is 0.201. The van der Waals surface area contributed by atoms with Gasteiger partial charge in [-0.1, -0.05) is 0 Å². The van der Waals surface area contributed by atoms with Crippen LogP contribution in [0.15, 0.2) is 12.5 Å². The highest BCUT2D eigenvalue weighted by atomic mass is 16.2. The number of amides is 2. The van der Waals surface area contributed by atoms with Gasteiger partial charge in [-0.3, -0.25) is 10.7 Å². The van der Waals surface area contributed by atoms with E-state index in [4.69, 9.17) is 5.41 Å². The van der Waals surface area contributed by atoms with Crippen molar-refractivity contribution in [3.05, 3.63) is 18.2 Å². The van der Waals surface area contributed by atoms with Gasteiger partial charge in [-0.25, -0.2) is 9.78 Å². The van der Waals surface area contributed by atoms with E-state index in [1.807, 2.05) is 4.57 Å². The number of hydrogen-bond acceptors (Lipinski definition) is 3. The van der Waals surface area contributed by atoms with E-state index in [1.165, 1.54) is 12.8 Å². The van der Waals surface area contributed by atoms with Crippen molar-refractivity contribution in [3.63, 3.8) is 0 Å². The van der Waals surface area contributed by atoms with Crippen LogP contribution in [-0.2, 0) is 0 Å². The molecule has 1 atom stereocenters. The van der Waals surface area contributed by atoms with Gasteiger partial charge in [0.25, 0.3) is 0 Å². The highest BCUT2D eigenvalue weighted by Gasteiger charge is 2.41. The second kappa shape index (κ2) is 4.36. The number of carbonyl (C=O) groups is 1. The minimum atomic E-state index is -0.307. The molecule has 0 aromatic carbocycles. The number of urea groups is 1. The Morgan fingerprint density at radius 3 is 2.89 bits per heavy atom. The van der Waals surface area contributed by atoms with Gasteiger partial charge in [0.05, 0.1) is 18.2 Å². The molecule has 0 spiro atoms. The first-order valence-corrected chi connectivity index (χ1v) is 6.75. The molecule has 2 N–H and O–H groups in total. The van der Waals surface area contributed by atoms with E-state index >= 15 is 0 Å². The zero-order chi connectivity index (χ0) is 13.6. The van der Waals surface area contributed by atoms with Crippen LogP contribution in [0.4, 0.5) is 4.79 Å². The topological polar surface area (TPSA) is 74.0 Å². The van der Waals surface area contributed by atoms with Crippen molar-refractivity contribution in [2.75, 3.05) is 6.54 Å². The summed E-state index contributed by atoms with van der Waals surface area (Å²) in [5.41, 5.74) is 0.916. The number of rotatable bonds is 4. The van der Waals surface area contributed by atoms with Gasteiger partial charge < -0.3 is 9.47 Å². The molecule has 1 saturated carbocycles. The van der Waals surface area contributed by atoms with Crippen LogP contribution in [-0.4, -0.2) is 32.9 Å². The van der Waals surface area contributed by atoms with E-state index in [0.29, 0.717) is 5.92 Å². The average Bonchev–Trinajstić information content (AvgIpc) is 2.94. The van der Waals surface area contributed by atoms with Gasteiger partial charge in [-0.15, -0.1) is 0 Å². The number of nitrogens with one attached hydrogen (secondary N) is 2. The van der Waals surface area contributed by atoms with E-state index in [9.17, 15) is 4.79 Å². The summed E-state index contributed by atoms with van der Waals surface area (Å²) in [4.78, 5) is 17.9. The predicted octanol–water partition coefficient (Wildman–Crippen LogP) is 1.92. The maximum absolute atomic E-state index is 12.0. The first kappa shape index (κ1) is 12.2. The molecule has 6 heteroatoms. The number of amidine groups is 1. The number of hydrogen-bond donors (Lipinski definition) is 2. The summed E-state index contributed by atoms with van der Waals surface area (Å²) in [6.45, 7) is 4.89. The minimum Gasteiger partial charge on any atom is -0.330 e. The fraction of sp³-hybridized carbons (Fsp3) is 0.615. The summed E-state index contributed by atoms with van der Waals surface area (Å²) >= 11 is 0. The molecule has 2 heterocycles. The lowest BCUT2D eigenvalue weighted by atomic mass is 10.1. The molecule has 1 saturated heterocycles. The smallest absolute Gasteiger partial charge is 0.323 e. The summed E-state index contributed by atoms with van der Waals surface area (Å²) < 4.78 is 2.03. The van der Waals surface area contributed by atoms with Crippen LogP contribution >= 0.6 is 0 Å². The van der Waals surface area contributed by atoms with E-state index in [2.05, 4.69) is 24.1 Å². The molecule has 3 rings (SSSR count). The molecule has 2 fully saturated rings. The van der Waals surface area contributed by atoms with Crippen molar-refractivity contribution in [3.8, 4) is 0 Å². The van der Waals surface area contributed by atoms with E-state index in [1.54, 1.807) is 17.4 Å². The second-order valence-electron chi connectivity index (χ2n) is 5.66. The molecule has 1 aromatic rings. The van der Waals surface area contributed by atoms with Gasteiger partial charge in [0.2, 0.25) is 0 Å². The molecule has 19 heavy (non-hydrogen) atoms. The molecule has 2 aliphatic rings. The number of carbonyl (C=O) groups excluding carboxylic acids is 1. The zero-order valence-electron chi connectivity index (χ0n) is 11.3. The number of nitrogens with zero attached hydrogens (tertiary/aromatic N) is 3. The summed E-state index contributed by atoms with van der Waals surface area (Å²) in [5.74, 6) is 0.864. The van der Waals surface area contributed by atoms with Crippen LogP contribution in [0.2, 0.25) is 0 Å². The van der Waals surface area contributed by atoms with Crippen molar-refractivity contribution < 1.29 is 4.79 Å². The second-order valence-corrected chi connectivity index (χ2v) is 5.66. The van der Waals surface area contributed by atoms with Crippen molar-refractivity contribution in [2.24, 2.45) is 5.92 Å². The summed E-state index contributed by atoms with van der Waals surface area (Å²) in [5, 5.41) is 10.7. The summed E-state index contributed by atoms with van der Waals surface area (Å²) in [7, 11) is 0. The van der Waals surface area contributed by atoms with Crippen LogP contribution in [0.5, 0.6) is 0 Å². The van der Waals surface area contributed by atoms with E-state index in [0.717, 1.165) is 12.2 Å².